The van der Waals surface area contributed by atoms with E-state index >= 15 is 0 Å². The molecule has 2 rings (SSSR count). The zero-order valence-electron chi connectivity index (χ0n) is 11.8. The first-order valence-electron chi connectivity index (χ1n) is 6.50. The molecule has 0 saturated heterocycles. The summed E-state index contributed by atoms with van der Waals surface area (Å²) in [5.41, 5.74) is 1.89. The van der Waals surface area contributed by atoms with Gasteiger partial charge in [-0.15, -0.1) is 0 Å². The molecule has 2 aromatic rings. The minimum Gasteiger partial charge on any atom is -0.465 e. The molecular formula is C14H20ClN3O. The van der Waals surface area contributed by atoms with Gasteiger partial charge in [-0.1, -0.05) is 18.5 Å². The van der Waals surface area contributed by atoms with Crippen molar-refractivity contribution in [1.82, 2.24) is 15.1 Å². The van der Waals surface area contributed by atoms with Crippen LogP contribution in [0.1, 0.15) is 35.9 Å². The molecule has 1 unspecified atom stereocenters. The molecule has 1 atom stereocenters. The maximum atomic E-state index is 6.31. The van der Waals surface area contributed by atoms with E-state index in [1.807, 2.05) is 37.7 Å². The van der Waals surface area contributed by atoms with Gasteiger partial charge in [0.25, 0.3) is 0 Å². The van der Waals surface area contributed by atoms with Gasteiger partial charge in [0.1, 0.15) is 11.5 Å². The van der Waals surface area contributed by atoms with Gasteiger partial charge in [-0.3, -0.25) is 4.68 Å². The molecule has 0 amide bonds. The Morgan fingerprint density at radius 2 is 2.16 bits per heavy atom. The molecule has 0 spiro atoms. The Labute approximate surface area is 118 Å². The van der Waals surface area contributed by atoms with E-state index in [9.17, 15) is 0 Å². The molecule has 0 radical (unpaired) electrons. The average molecular weight is 282 g/mol. The predicted molar refractivity (Wildman–Crippen MR) is 76.5 cm³/mol. The van der Waals surface area contributed by atoms with Gasteiger partial charge in [0, 0.05) is 13.5 Å². The van der Waals surface area contributed by atoms with Crippen molar-refractivity contribution >= 4 is 11.6 Å². The molecule has 2 heterocycles. The second-order valence-electron chi connectivity index (χ2n) is 4.73. The third-order valence-electron chi connectivity index (χ3n) is 3.21. The van der Waals surface area contributed by atoms with Crippen molar-refractivity contribution in [3.8, 4) is 0 Å². The van der Waals surface area contributed by atoms with Crippen molar-refractivity contribution in [2.24, 2.45) is 7.05 Å². The van der Waals surface area contributed by atoms with E-state index in [4.69, 9.17) is 16.0 Å². The fourth-order valence-corrected chi connectivity index (χ4v) is 2.49. The van der Waals surface area contributed by atoms with Crippen LogP contribution in [0.5, 0.6) is 0 Å². The molecule has 0 aliphatic carbocycles. The second-order valence-corrected chi connectivity index (χ2v) is 5.11. The van der Waals surface area contributed by atoms with E-state index in [2.05, 4.69) is 17.3 Å². The van der Waals surface area contributed by atoms with E-state index in [-0.39, 0.29) is 6.04 Å². The van der Waals surface area contributed by atoms with E-state index in [1.54, 1.807) is 0 Å². The highest BCUT2D eigenvalue weighted by Crippen LogP contribution is 2.26. The molecule has 19 heavy (non-hydrogen) atoms. The number of nitrogens with zero attached hydrogens (tertiary/aromatic N) is 2. The number of hydrogen-bond donors (Lipinski definition) is 1. The summed E-state index contributed by atoms with van der Waals surface area (Å²) in [6.45, 7) is 6.83. The molecule has 2 aromatic heterocycles. The zero-order chi connectivity index (χ0) is 14.0. The molecule has 0 saturated carbocycles. The number of aryl methyl sites for hydroxylation is 3. The topological polar surface area (TPSA) is 43.0 Å². The first kappa shape index (κ1) is 14.2. The molecule has 1 N–H and O–H groups in total. The largest absolute Gasteiger partial charge is 0.465 e. The first-order valence-corrected chi connectivity index (χ1v) is 6.88. The van der Waals surface area contributed by atoms with E-state index < -0.39 is 0 Å². The highest BCUT2D eigenvalue weighted by molar-refractivity contribution is 6.31. The number of furan rings is 1. The fourth-order valence-electron chi connectivity index (χ4n) is 2.26. The van der Waals surface area contributed by atoms with Gasteiger partial charge in [0.2, 0.25) is 0 Å². The maximum absolute atomic E-state index is 6.31. The Hall–Kier alpha value is -1.26. The number of rotatable bonds is 5. The Balaban J connectivity index is 2.26. The maximum Gasteiger partial charge on any atom is 0.121 e. The van der Waals surface area contributed by atoms with Crippen LogP contribution < -0.4 is 5.32 Å². The normalized spacial score (nSPS) is 12.9. The highest BCUT2D eigenvalue weighted by atomic mass is 35.5. The van der Waals surface area contributed by atoms with Gasteiger partial charge < -0.3 is 9.73 Å². The molecule has 0 bridgehead atoms. The summed E-state index contributed by atoms with van der Waals surface area (Å²) < 4.78 is 7.57. The third kappa shape index (κ3) is 3.01. The predicted octanol–water partition coefficient (Wildman–Crippen LogP) is 3.18. The smallest absolute Gasteiger partial charge is 0.121 e. The highest BCUT2D eigenvalue weighted by Gasteiger charge is 2.20. The molecule has 4 nitrogen and oxygen atoms in total. The van der Waals surface area contributed by atoms with Crippen LogP contribution in [0.15, 0.2) is 16.5 Å². The van der Waals surface area contributed by atoms with Gasteiger partial charge in [0.15, 0.2) is 0 Å². The number of nitrogens with one attached hydrogen (secondary N) is 1. The van der Waals surface area contributed by atoms with E-state index in [0.717, 1.165) is 40.9 Å². The molecule has 104 valence electrons. The SMILES string of the molecule is CCNC(Cc1c(Cl)c(C)nn1C)c1ccc(C)o1. The monoisotopic (exact) mass is 281 g/mol. The van der Waals surface area contributed by atoms with Crippen LogP contribution >= 0.6 is 11.6 Å². The van der Waals surface area contributed by atoms with Crippen LogP contribution in [0.25, 0.3) is 0 Å². The Morgan fingerprint density at radius 3 is 2.63 bits per heavy atom. The number of halogens is 1. The quantitative estimate of drug-likeness (QED) is 0.915. The van der Waals surface area contributed by atoms with Crippen molar-refractivity contribution in [3.63, 3.8) is 0 Å². The number of hydrogen-bond acceptors (Lipinski definition) is 3. The minimum atomic E-state index is 0.117. The van der Waals surface area contributed by atoms with Crippen LogP contribution in [0.4, 0.5) is 0 Å². The lowest BCUT2D eigenvalue weighted by atomic mass is 10.1. The first-order chi connectivity index (χ1) is 9.02. The summed E-state index contributed by atoms with van der Waals surface area (Å²) >= 11 is 6.31. The standard InChI is InChI=1S/C14H20ClN3O/c1-5-16-11(13-7-6-9(2)19-13)8-12-14(15)10(3)17-18(12)4/h6-7,11,16H,5,8H2,1-4H3. The zero-order valence-corrected chi connectivity index (χ0v) is 12.6. The molecule has 0 aliphatic heterocycles. The number of likely N-dealkylation sites (N-methyl/N-ethyl adjacent to an activating group) is 1. The Bertz CT molecular complexity index is 559. The van der Waals surface area contributed by atoms with E-state index in [1.165, 1.54) is 0 Å². The van der Waals surface area contributed by atoms with Gasteiger partial charge in [-0.05, 0) is 32.5 Å². The van der Waals surface area contributed by atoms with Gasteiger partial charge in [0.05, 0.1) is 22.5 Å². The van der Waals surface area contributed by atoms with Crippen LogP contribution in [0.2, 0.25) is 5.02 Å². The van der Waals surface area contributed by atoms with E-state index in [0.29, 0.717) is 0 Å². The summed E-state index contributed by atoms with van der Waals surface area (Å²) in [4.78, 5) is 0. The fraction of sp³-hybridized carbons (Fsp3) is 0.500. The van der Waals surface area contributed by atoms with Gasteiger partial charge in [-0.2, -0.15) is 5.10 Å². The van der Waals surface area contributed by atoms with Crippen molar-refractivity contribution in [1.29, 1.82) is 0 Å². The summed E-state index contributed by atoms with van der Waals surface area (Å²) in [6.07, 6.45) is 0.761. The van der Waals surface area contributed by atoms with Crippen LogP contribution in [-0.2, 0) is 13.5 Å². The van der Waals surface area contributed by atoms with Crippen molar-refractivity contribution in [2.75, 3.05) is 6.54 Å². The molecular weight excluding hydrogens is 262 g/mol. The van der Waals surface area contributed by atoms with Crippen LogP contribution in [-0.4, -0.2) is 16.3 Å². The Morgan fingerprint density at radius 1 is 1.42 bits per heavy atom. The van der Waals surface area contributed by atoms with Crippen LogP contribution in [0.3, 0.4) is 0 Å². The van der Waals surface area contributed by atoms with Crippen molar-refractivity contribution in [2.45, 2.75) is 33.2 Å². The second kappa shape index (κ2) is 5.80. The van der Waals surface area contributed by atoms with Crippen molar-refractivity contribution in [3.05, 3.63) is 40.1 Å². The summed E-state index contributed by atoms with van der Waals surface area (Å²) in [7, 11) is 1.92. The third-order valence-corrected chi connectivity index (χ3v) is 3.71. The lowest BCUT2D eigenvalue weighted by Gasteiger charge is -2.16. The number of aromatic nitrogens is 2. The van der Waals surface area contributed by atoms with Crippen molar-refractivity contribution < 1.29 is 4.42 Å². The molecule has 0 fully saturated rings. The molecule has 0 aromatic carbocycles. The molecule has 0 aliphatic rings. The van der Waals surface area contributed by atoms with Crippen LogP contribution in [0, 0.1) is 13.8 Å². The molecule has 5 heteroatoms. The lowest BCUT2D eigenvalue weighted by Crippen LogP contribution is -2.23. The van der Waals surface area contributed by atoms with Gasteiger partial charge >= 0.3 is 0 Å². The summed E-state index contributed by atoms with van der Waals surface area (Å²) in [6, 6.07) is 4.11. The summed E-state index contributed by atoms with van der Waals surface area (Å²) in [5.74, 6) is 1.86. The lowest BCUT2D eigenvalue weighted by molar-refractivity contribution is 0.398. The average Bonchev–Trinajstić information content (AvgIpc) is 2.88. The summed E-state index contributed by atoms with van der Waals surface area (Å²) in [5, 5.41) is 8.52. The Kier molecular flexibility index (Phi) is 4.32. The van der Waals surface area contributed by atoms with Gasteiger partial charge in [-0.25, -0.2) is 0 Å². The minimum absolute atomic E-state index is 0.117.